The topological polar surface area (TPSA) is 46.3 Å². The lowest BCUT2D eigenvalue weighted by Gasteiger charge is -2.31. The molecule has 0 heterocycles. The van der Waals surface area contributed by atoms with E-state index in [0.717, 1.165) is 4.90 Å². The van der Waals surface area contributed by atoms with Crippen molar-refractivity contribution in [3.05, 3.63) is 0 Å². The van der Waals surface area contributed by atoms with Crippen LogP contribution >= 0.6 is 0 Å². The highest BCUT2D eigenvalue weighted by Gasteiger charge is 2.35. The lowest BCUT2D eigenvalue weighted by Crippen LogP contribution is -2.46. The van der Waals surface area contributed by atoms with Gasteiger partial charge >= 0.3 is 6.18 Å². The summed E-state index contributed by atoms with van der Waals surface area (Å²) in [6, 6.07) is -0.796. The van der Waals surface area contributed by atoms with Crippen LogP contribution in [0.4, 0.5) is 13.2 Å². The molecule has 0 aromatic heterocycles. The molecular formula is C11H21F3N2O. The lowest BCUT2D eigenvalue weighted by atomic mass is 10.1. The van der Waals surface area contributed by atoms with E-state index in [-0.39, 0.29) is 12.5 Å². The summed E-state index contributed by atoms with van der Waals surface area (Å²) in [5.41, 5.74) is 5.45. The van der Waals surface area contributed by atoms with E-state index in [2.05, 4.69) is 0 Å². The average molecular weight is 254 g/mol. The third-order valence-corrected chi connectivity index (χ3v) is 2.55. The van der Waals surface area contributed by atoms with Crippen LogP contribution in [0, 0.1) is 0 Å². The van der Waals surface area contributed by atoms with Crippen molar-refractivity contribution >= 4 is 5.91 Å². The molecule has 0 aromatic carbocycles. The second kappa shape index (κ2) is 6.83. The minimum atomic E-state index is -4.36. The number of halogens is 3. The summed E-state index contributed by atoms with van der Waals surface area (Å²) in [5.74, 6) is -0.522. The molecule has 3 nitrogen and oxygen atoms in total. The molecule has 0 radical (unpaired) electrons. The highest BCUT2D eigenvalue weighted by atomic mass is 19.4. The van der Waals surface area contributed by atoms with E-state index in [1.807, 2.05) is 0 Å². The van der Waals surface area contributed by atoms with Gasteiger partial charge in [-0.05, 0) is 19.8 Å². The Balaban J connectivity index is 4.77. The first kappa shape index (κ1) is 16.2. The first-order valence-corrected chi connectivity index (χ1v) is 5.83. The Kier molecular flexibility index (Phi) is 6.52. The van der Waals surface area contributed by atoms with Gasteiger partial charge in [-0.25, -0.2) is 0 Å². The molecule has 0 aliphatic rings. The van der Waals surface area contributed by atoms with E-state index in [4.69, 9.17) is 5.73 Å². The molecule has 2 N–H and O–H groups in total. The minimum absolute atomic E-state index is 0.0490. The van der Waals surface area contributed by atoms with Gasteiger partial charge < -0.3 is 10.6 Å². The molecule has 1 atom stereocenters. The summed E-state index contributed by atoms with van der Waals surface area (Å²) in [5, 5.41) is 0. The summed E-state index contributed by atoms with van der Waals surface area (Å²) in [6.45, 7) is 3.97. The maximum Gasteiger partial charge on any atom is 0.406 e. The zero-order valence-electron chi connectivity index (χ0n) is 10.5. The quantitative estimate of drug-likeness (QED) is 0.790. The second-order valence-electron chi connectivity index (χ2n) is 4.29. The molecule has 1 unspecified atom stereocenters. The summed E-state index contributed by atoms with van der Waals surface area (Å²) < 4.78 is 37.2. The number of alkyl halides is 3. The van der Waals surface area contributed by atoms with Gasteiger partial charge in [0.2, 0.25) is 5.91 Å². The second-order valence-corrected chi connectivity index (χ2v) is 4.29. The fraction of sp³-hybridized carbons (Fsp3) is 0.909. The molecule has 17 heavy (non-hydrogen) atoms. The number of nitrogens with zero attached hydrogens (tertiary/aromatic N) is 1. The van der Waals surface area contributed by atoms with Crippen molar-refractivity contribution < 1.29 is 18.0 Å². The van der Waals surface area contributed by atoms with E-state index in [1.165, 1.54) is 0 Å². The Labute approximate surface area is 100 Å². The molecule has 0 saturated carbocycles. The van der Waals surface area contributed by atoms with Gasteiger partial charge in [-0.2, -0.15) is 13.2 Å². The zero-order valence-corrected chi connectivity index (χ0v) is 10.5. The molecule has 0 aliphatic carbocycles. The maximum atomic E-state index is 12.4. The van der Waals surface area contributed by atoms with Crippen molar-refractivity contribution in [2.45, 2.75) is 58.3 Å². The molecule has 0 saturated heterocycles. The molecule has 0 aromatic rings. The number of amides is 1. The Hall–Kier alpha value is -0.780. The highest BCUT2D eigenvalue weighted by Crippen LogP contribution is 2.21. The van der Waals surface area contributed by atoms with E-state index in [0.29, 0.717) is 12.8 Å². The SMILES string of the molecule is CCC(CC)N(CC(F)(F)F)C(=O)CC(C)N. The van der Waals surface area contributed by atoms with Gasteiger partial charge in [-0.1, -0.05) is 13.8 Å². The van der Waals surface area contributed by atoms with Gasteiger partial charge in [0.05, 0.1) is 0 Å². The number of hydrogen-bond acceptors (Lipinski definition) is 2. The lowest BCUT2D eigenvalue weighted by molar-refractivity contribution is -0.166. The number of rotatable bonds is 6. The number of hydrogen-bond donors (Lipinski definition) is 1. The molecule has 0 spiro atoms. The first-order chi connectivity index (χ1) is 7.71. The predicted molar refractivity (Wildman–Crippen MR) is 60.4 cm³/mol. The van der Waals surface area contributed by atoms with E-state index >= 15 is 0 Å². The monoisotopic (exact) mass is 254 g/mol. The van der Waals surface area contributed by atoms with Crippen molar-refractivity contribution in [2.24, 2.45) is 5.73 Å². The molecule has 6 heteroatoms. The van der Waals surface area contributed by atoms with E-state index in [1.54, 1.807) is 20.8 Å². The van der Waals surface area contributed by atoms with Crippen LogP contribution in [0.25, 0.3) is 0 Å². The third-order valence-electron chi connectivity index (χ3n) is 2.55. The molecule has 0 rings (SSSR count). The van der Waals surface area contributed by atoms with E-state index < -0.39 is 24.7 Å². The minimum Gasteiger partial charge on any atom is -0.331 e. The standard InChI is InChI=1S/C11H21F3N2O/c1-4-9(5-2)16(7-11(12,13)14)10(17)6-8(3)15/h8-9H,4-7,15H2,1-3H3. The molecule has 102 valence electrons. The van der Waals surface area contributed by atoms with Crippen LogP contribution in [0.5, 0.6) is 0 Å². The zero-order chi connectivity index (χ0) is 13.6. The number of carbonyl (C=O) groups excluding carboxylic acids is 1. The van der Waals surface area contributed by atoms with Gasteiger partial charge in [0.25, 0.3) is 0 Å². The van der Waals surface area contributed by atoms with Gasteiger partial charge in [-0.15, -0.1) is 0 Å². The van der Waals surface area contributed by atoms with Gasteiger partial charge in [0.1, 0.15) is 6.54 Å². The third kappa shape index (κ3) is 6.51. The van der Waals surface area contributed by atoms with Crippen LogP contribution in [0.3, 0.4) is 0 Å². The van der Waals surface area contributed by atoms with Crippen LogP contribution in [0.15, 0.2) is 0 Å². The smallest absolute Gasteiger partial charge is 0.331 e. The molecule has 0 bridgehead atoms. The van der Waals surface area contributed by atoms with Crippen LogP contribution in [-0.2, 0) is 4.79 Å². The molecule has 0 aliphatic heterocycles. The Morgan fingerprint density at radius 1 is 1.29 bits per heavy atom. The highest BCUT2D eigenvalue weighted by molar-refractivity contribution is 5.77. The Bertz CT molecular complexity index is 237. The van der Waals surface area contributed by atoms with Crippen molar-refractivity contribution in [1.29, 1.82) is 0 Å². The fourth-order valence-electron chi connectivity index (χ4n) is 1.74. The fourth-order valence-corrected chi connectivity index (χ4v) is 1.74. The predicted octanol–water partition coefficient (Wildman–Crippen LogP) is 2.30. The van der Waals surface area contributed by atoms with Gasteiger partial charge in [0.15, 0.2) is 0 Å². The summed E-state index contributed by atoms with van der Waals surface area (Å²) in [6.07, 6.45) is -3.39. The summed E-state index contributed by atoms with van der Waals surface area (Å²) in [4.78, 5) is 12.6. The van der Waals surface area contributed by atoms with Crippen LogP contribution in [0.2, 0.25) is 0 Å². The maximum absolute atomic E-state index is 12.4. The number of nitrogens with two attached hydrogens (primary N) is 1. The normalized spacial score (nSPS) is 13.9. The summed E-state index contributed by atoms with van der Waals surface area (Å²) in [7, 11) is 0. The van der Waals surface area contributed by atoms with Gasteiger partial charge in [-0.3, -0.25) is 4.79 Å². The Morgan fingerprint density at radius 3 is 2.06 bits per heavy atom. The van der Waals surface area contributed by atoms with Crippen LogP contribution in [0.1, 0.15) is 40.0 Å². The van der Waals surface area contributed by atoms with Crippen LogP contribution in [-0.4, -0.2) is 35.6 Å². The number of carbonyl (C=O) groups is 1. The molecule has 1 amide bonds. The first-order valence-electron chi connectivity index (χ1n) is 5.83. The van der Waals surface area contributed by atoms with Crippen molar-refractivity contribution in [2.75, 3.05) is 6.54 Å². The average Bonchev–Trinajstić information content (AvgIpc) is 2.15. The van der Waals surface area contributed by atoms with Crippen molar-refractivity contribution in [3.63, 3.8) is 0 Å². The molecule has 0 fully saturated rings. The van der Waals surface area contributed by atoms with Crippen molar-refractivity contribution in [1.82, 2.24) is 4.90 Å². The molecular weight excluding hydrogens is 233 g/mol. The van der Waals surface area contributed by atoms with Gasteiger partial charge in [0, 0.05) is 18.5 Å². The Morgan fingerprint density at radius 2 is 1.76 bits per heavy atom. The largest absolute Gasteiger partial charge is 0.406 e. The van der Waals surface area contributed by atoms with Crippen molar-refractivity contribution in [3.8, 4) is 0 Å². The van der Waals surface area contributed by atoms with Crippen LogP contribution < -0.4 is 5.73 Å². The van der Waals surface area contributed by atoms with E-state index in [9.17, 15) is 18.0 Å². The summed E-state index contributed by atoms with van der Waals surface area (Å²) >= 11 is 0.